The number of ether oxygens (including phenoxy) is 1. The lowest BCUT2D eigenvalue weighted by atomic mass is 10.1. The van der Waals surface area contributed by atoms with Gasteiger partial charge in [0.05, 0.1) is 24.0 Å². The molecular weight excluding hydrogens is 364 g/mol. The number of allylic oxidation sites excluding steroid dienone is 2. The first-order valence-corrected chi connectivity index (χ1v) is 10.7. The molecule has 1 aromatic rings. The molecule has 0 bridgehead atoms. The number of carbonyl (C=O) groups is 1. The Morgan fingerprint density at radius 3 is 2.33 bits per heavy atom. The number of benzene rings is 1. The van der Waals surface area contributed by atoms with Crippen molar-refractivity contribution in [3.63, 3.8) is 0 Å². The molecule has 1 aliphatic heterocycles. The van der Waals surface area contributed by atoms with Gasteiger partial charge in [0.1, 0.15) is 0 Å². The molecule has 7 heteroatoms. The number of hydrogen-bond acceptors (Lipinski definition) is 4. The lowest BCUT2D eigenvalue weighted by Crippen LogP contribution is -2.40. The molecule has 1 aliphatic carbocycles. The van der Waals surface area contributed by atoms with E-state index >= 15 is 0 Å². The van der Waals surface area contributed by atoms with Gasteiger partial charge in [0, 0.05) is 18.8 Å². The van der Waals surface area contributed by atoms with E-state index in [1.54, 1.807) is 24.3 Å². The lowest BCUT2D eigenvalue weighted by molar-refractivity contribution is -0.118. The fourth-order valence-corrected chi connectivity index (χ4v) is 5.12. The van der Waals surface area contributed by atoms with Crippen molar-refractivity contribution in [3.05, 3.63) is 35.9 Å². The summed E-state index contributed by atoms with van der Waals surface area (Å²) in [6.45, 7) is 9.83. The number of anilines is 1. The van der Waals surface area contributed by atoms with E-state index in [2.05, 4.69) is 25.2 Å². The topological polar surface area (TPSA) is 75.7 Å². The summed E-state index contributed by atoms with van der Waals surface area (Å²) in [6, 6.07) is 6.39. The van der Waals surface area contributed by atoms with E-state index in [0.29, 0.717) is 32.0 Å². The largest absolute Gasteiger partial charge is 0.379 e. The van der Waals surface area contributed by atoms with E-state index in [4.69, 9.17) is 4.74 Å². The SMILES string of the molecule is CC(C)=C[C@@H]1[C@H](C(=O)Nc2ccc(S(=O)(=O)N3CCOCC3)cc2)C1(C)C. The van der Waals surface area contributed by atoms with Gasteiger partial charge in [0.15, 0.2) is 0 Å². The molecule has 0 aromatic heterocycles. The Balaban J connectivity index is 1.68. The first kappa shape index (κ1) is 20.0. The third-order valence-corrected chi connectivity index (χ3v) is 7.35. The quantitative estimate of drug-likeness (QED) is 0.782. The molecule has 0 radical (unpaired) electrons. The average Bonchev–Trinajstić information content (AvgIpc) is 3.15. The van der Waals surface area contributed by atoms with Crippen molar-refractivity contribution in [2.24, 2.45) is 17.3 Å². The predicted molar refractivity (Wildman–Crippen MR) is 105 cm³/mol. The van der Waals surface area contributed by atoms with Gasteiger partial charge in [-0.25, -0.2) is 8.42 Å². The van der Waals surface area contributed by atoms with Crippen LogP contribution >= 0.6 is 0 Å². The third kappa shape index (κ3) is 4.10. The summed E-state index contributed by atoms with van der Waals surface area (Å²) in [6.07, 6.45) is 2.16. The van der Waals surface area contributed by atoms with Crippen LogP contribution in [0.15, 0.2) is 40.8 Å². The second-order valence-corrected chi connectivity index (χ2v) is 10.0. The Labute approximate surface area is 161 Å². The summed E-state index contributed by atoms with van der Waals surface area (Å²) in [5.74, 6) is 0.152. The zero-order chi connectivity index (χ0) is 19.8. The third-order valence-electron chi connectivity index (χ3n) is 5.44. The standard InChI is InChI=1S/C20H28N2O4S/c1-14(2)13-17-18(20(17,3)4)19(23)21-15-5-7-16(8-6-15)27(24,25)22-9-11-26-12-10-22/h5-8,13,17-18H,9-12H2,1-4H3,(H,21,23)/t17-,18-/m1/s1. The average molecular weight is 393 g/mol. The fraction of sp³-hybridized carbons (Fsp3) is 0.550. The highest BCUT2D eigenvalue weighted by atomic mass is 32.2. The molecule has 0 spiro atoms. The number of rotatable bonds is 5. The molecule has 0 unspecified atom stereocenters. The van der Waals surface area contributed by atoms with Gasteiger partial charge in [0.2, 0.25) is 15.9 Å². The van der Waals surface area contributed by atoms with Crippen LogP contribution in [0.5, 0.6) is 0 Å². The summed E-state index contributed by atoms with van der Waals surface area (Å²) >= 11 is 0. The van der Waals surface area contributed by atoms with E-state index in [-0.39, 0.29) is 28.1 Å². The molecule has 2 aliphatic rings. The monoisotopic (exact) mass is 392 g/mol. The Morgan fingerprint density at radius 1 is 1.19 bits per heavy atom. The first-order chi connectivity index (χ1) is 12.6. The van der Waals surface area contributed by atoms with E-state index < -0.39 is 10.0 Å². The molecule has 2 atom stereocenters. The van der Waals surface area contributed by atoms with Crippen molar-refractivity contribution in [1.29, 1.82) is 0 Å². The maximum atomic E-state index is 12.6. The van der Waals surface area contributed by atoms with Crippen LogP contribution in [0.25, 0.3) is 0 Å². The Morgan fingerprint density at radius 2 is 1.78 bits per heavy atom. The Kier molecular flexibility index (Phi) is 5.47. The number of hydrogen-bond donors (Lipinski definition) is 1. The molecular formula is C20H28N2O4S. The normalized spacial score (nSPS) is 24.9. The zero-order valence-corrected chi connectivity index (χ0v) is 17.2. The summed E-state index contributed by atoms with van der Waals surface area (Å²) < 4.78 is 31.9. The molecule has 3 rings (SSSR count). The molecule has 1 amide bonds. The maximum absolute atomic E-state index is 12.6. The molecule has 27 heavy (non-hydrogen) atoms. The van der Waals surface area contributed by atoms with Crippen LogP contribution in [-0.4, -0.2) is 44.9 Å². The molecule has 1 aromatic carbocycles. The molecule has 1 saturated carbocycles. The second kappa shape index (κ2) is 7.37. The van der Waals surface area contributed by atoms with Crippen LogP contribution in [0, 0.1) is 17.3 Å². The number of sulfonamides is 1. The molecule has 2 fully saturated rings. The second-order valence-electron chi connectivity index (χ2n) is 8.10. The lowest BCUT2D eigenvalue weighted by Gasteiger charge is -2.26. The van der Waals surface area contributed by atoms with Gasteiger partial charge in [-0.3, -0.25) is 4.79 Å². The smallest absolute Gasteiger partial charge is 0.243 e. The highest BCUT2D eigenvalue weighted by molar-refractivity contribution is 7.89. The van der Waals surface area contributed by atoms with Crippen LogP contribution < -0.4 is 5.32 Å². The van der Waals surface area contributed by atoms with Gasteiger partial charge in [-0.15, -0.1) is 0 Å². The molecule has 148 valence electrons. The Bertz CT molecular complexity index is 833. The fourth-order valence-electron chi connectivity index (χ4n) is 3.71. The van der Waals surface area contributed by atoms with E-state index in [1.807, 2.05) is 13.8 Å². The number of amides is 1. The minimum atomic E-state index is -3.52. The summed E-state index contributed by atoms with van der Waals surface area (Å²) in [4.78, 5) is 12.9. The highest BCUT2D eigenvalue weighted by Crippen LogP contribution is 2.59. The van der Waals surface area contributed by atoms with Gasteiger partial charge < -0.3 is 10.1 Å². The number of carbonyl (C=O) groups excluding carboxylic acids is 1. The van der Waals surface area contributed by atoms with Crippen LogP contribution in [0.1, 0.15) is 27.7 Å². The zero-order valence-electron chi connectivity index (χ0n) is 16.4. The van der Waals surface area contributed by atoms with Crippen molar-refractivity contribution in [1.82, 2.24) is 4.31 Å². The maximum Gasteiger partial charge on any atom is 0.243 e. The molecule has 1 N–H and O–H groups in total. The molecule has 6 nitrogen and oxygen atoms in total. The molecule has 1 heterocycles. The summed E-state index contributed by atoms with van der Waals surface area (Å²) in [5, 5.41) is 2.92. The van der Waals surface area contributed by atoms with E-state index in [9.17, 15) is 13.2 Å². The van der Waals surface area contributed by atoms with E-state index in [1.165, 1.54) is 9.88 Å². The van der Waals surface area contributed by atoms with Crippen LogP contribution in [0.4, 0.5) is 5.69 Å². The number of nitrogens with one attached hydrogen (secondary N) is 1. The van der Waals surface area contributed by atoms with Crippen LogP contribution in [-0.2, 0) is 19.6 Å². The van der Waals surface area contributed by atoms with Crippen molar-refractivity contribution >= 4 is 21.6 Å². The van der Waals surface area contributed by atoms with Gasteiger partial charge in [-0.05, 0) is 49.4 Å². The van der Waals surface area contributed by atoms with Crippen molar-refractivity contribution < 1.29 is 17.9 Å². The minimum absolute atomic E-state index is 0.0220. The summed E-state index contributed by atoms with van der Waals surface area (Å²) in [7, 11) is -3.52. The van der Waals surface area contributed by atoms with Gasteiger partial charge in [-0.1, -0.05) is 25.5 Å². The summed E-state index contributed by atoms with van der Waals surface area (Å²) in [5.41, 5.74) is 1.77. The van der Waals surface area contributed by atoms with Gasteiger partial charge in [-0.2, -0.15) is 4.31 Å². The number of nitrogens with zero attached hydrogens (tertiary/aromatic N) is 1. The number of morpholine rings is 1. The highest BCUT2D eigenvalue weighted by Gasteiger charge is 2.60. The van der Waals surface area contributed by atoms with Crippen molar-refractivity contribution in [2.45, 2.75) is 32.6 Å². The van der Waals surface area contributed by atoms with Crippen molar-refractivity contribution in [3.8, 4) is 0 Å². The van der Waals surface area contributed by atoms with Crippen molar-refractivity contribution in [2.75, 3.05) is 31.6 Å². The first-order valence-electron chi connectivity index (χ1n) is 9.28. The van der Waals surface area contributed by atoms with Gasteiger partial charge in [0.25, 0.3) is 0 Å². The predicted octanol–water partition coefficient (Wildman–Crippen LogP) is 2.88. The van der Waals surface area contributed by atoms with Crippen LogP contribution in [0.2, 0.25) is 0 Å². The van der Waals surface area contributed by atoms with Gasteiger partial charge >= 0.3 is 0 Å². The van der Waals surface area contributed by atoms with Crippen LogP contribution in [0.3, 0.4) is 0 Å². The van der Waals surface area contributed by atoms with E-state index in [0.717, 1.165) is 0 Å². The Hall–Kier alpha value is -1.70. The minimum Gasteiger partial charge on any atom is -0.379 e. The molecule has 1 saturated heterocycles.